The van der Waals surface area contributed by atoms with Crippen LogP contribution in [0, 0.1) is 0 Å². The van der Waals surface area contributed by atoms with Gasteiger partial charge >= 0.3 is 0 Å². The highest BCUT2D eigenvalue weighted by Gasteiger charge is 2.20. The fourth-order valence-electron chi connectivity index (χ4n) is 1.09. The smallest absolute Gasteiger partial charge is 0.233 e. The van der Waals surface area contributed by atoms with Gasteiger partial charge in [0.05, 0.1) is 10.7 Å². The van der Waals surface area contributed by atoms with Crippen molar-refractivity contribution in [1.29, 1.82) is 0 Å². The molecule has 5 heteroatoms. The summed E-state index contributed by atoms with van der Waals surface area (Å²) in [5, 5.41) is 0. The molecule has 2 rings (SSSR count). The van der Waals surface area contributed by atoms with Crippen molar-refractivity contribution < 1.29 is 4.74 Å². The van der Waals surface area contributed by atoms with E-state index in [0.717, 1.165) is 17.3 Å². The fraction of sp³-hybridized carbons (Fsp3) is 0.500. The molecule has 4 nitrogen and oxygen atoms in total. The van der Waals surface area contributed by atoms with Gasteiger partial charge in [-0.15, -0.1) is 0 Å². The normalized spacial score (nSPS) is 16.7. The van der Waals surface area contributed by atoms with Crippen molar-refractivity contribution in [2.75, 3.05) is 5.73 Å². The molecule has 0 atom stereocenters. The summed E-state index contributed by atoms with van der Waals surface area (Å²) in [6, 6.07) is 0. The van der Waals surface area contributed by atoms with Crippen molar-refractivity contribution in [2.45, 2.75) is 25.4 Å². The number of nitrogens with two attached hydrogens (primary N) is 1. The lowest BCUT2D eigenvalue weighted by molar-refractivity contribution is 0.113. The van der Waals surface area contributed by atoms with Crippen LogP contribution in [0.5, 0.6) is 5.88 Å². The fourth-order valence-corrected chi connectivity index (χ4v) is 1.38. The molecule has 1 saturated carbocycles. The molecule has 1 aromatic rings. The molecule has 0 aromatic carbocycles. The van der Waals surface area contributed by atoms with Gasteiger partial charge in [-0.2, -0.15) is 4.98 Å². The molecule has 70 valence electrons. The molecule has 0 spiro atoms. The van der Waals surface area contributed by atoms with Crippen LogP contribution in [-0.2, 0) is 0 Å². The molecule has 0 saturated heterocycles. The molecule has 0 bridgehead atoms. The first kappa shape index (κ1) is 8.74. The van der Waals surface area contributed by atoms with E-state index in [2.05, 4.69) is 25.9 Å². The third kappa shape index (κ3) is 1.91. The molecule has 1 fully saturated rings. The van der Waals surface area contributed by atoms with Gasteiger partial charge < -0.3 is 10.5 Å². The van der Waals surface area contributed by atoms with Crippen LogP contribution >= 0.6 is 15.9 Å². The van der Waals surface area contributed by atoms with Crippen LogP contribution in [0.25, 0.3) is 0 Å². The van der Waals surface area contributed by atoms with Crippen molar-refractivity contribution in [3.8, 4) is 5.88 Å². The SMILES string of the molecule is Nc1ncc(Br)c(OC2CCC2)n1. The number of nitrogen functional groups attached to an aromatic ring is 1. The average Bonchev–Trinajstić information content (AvgIpc) is 2.03. The maximum Gasteiger partial charge on any atom is 0.233 e. The van der Waals surface area contributed by atoms with Crippen molar-refractivity contribution in [1.82, 2.24) is 9.97 Å². The number of aromatic nitrogens is 2. The zero-order valence-corrected chi connectivity index (χ0v) is 8.62. The Morgan fingerprint density at radius 3 is 2.92 bits per heavy atom. The molecule has 1 aliphatic rings. The first-order chi connectivity index (χ1) is 6.25. The number of rotatable bonds is 2. The van der Waals surface area contributed by atoms with Gasteiger partial charge in [0, 0.05) is 0 Å². The van der Waals surface area contributed by atoms with Crippen LogP contribution in [0.4, 0.5) is 5.95 Å². The average molecular weight is 244 g/mol. The Kier molecular flexibility index (Phi) is 2.35. The number of hydrogen-bond donors (Lipinski definition) is 1. The molecule has 1 aliphatic carbocycles. The maximum atomic E-state index is 5.58. The van der Waals surface area contributed by atoms with Gasteiger partial charge in [-0.25, -0.2) is 4.98 Å². The minimum atomic E-state index is 0.248. The quantitative estimate of drug-likeness (QED) is 0.860. The topological polar surface area (TPSA) is 61.0 Å². The second kappa shape index (κ2) is 3.49. The van der Waals surface area contributed by atoms with E-state index in [9.17, 15) is 0 Å². The Morgan fingerprint density at radius 2 is 2.31 bits per heavy atom. The van der Waals surface area contributed by atoms with Crippen LogP contribution in [-0.4, -0.2) is 16.1 Å². The Labute approximate surface area is 84.6 Å². The molecule has 13 heavy (non-hydrogen) atoms. The van der Waals surface area contributed by atoms with Gasteiger partial charge in [-0.1, -0.05) is 0 Å². The Morgan fingerprint density at radius 1 is 1.54 bits per heavy atom. The van der Waals surface area contributed by atoms with Crippen LogP contribution in [0.2, 0.25) is 0 Å². The Bertz CT molecular complexity index is 314. The van der Waals surface area contributed by atoms with E-state index in [-0.39, 0.29) is 5.95 Å². The van der Waals surface area contributed by atoms with Gasteiger partial charge in [-0.3, -0.25) is 0 Å². The second-order valence-corrected chi connectivity index (χ2v) is 3.91. The van der Waals surface area contributed by atoms with Gasteiger partial charge in [-0.05, 0) is 35.2 Å². The van der Waals surface area contributed by atoms with Gasteiger partial charge in [0.2, 0.25) is 11.8 Å². The largest absolute Gasteiger partial charge is 0.473 e. The maximum absolute atomic E-state index is 5.58. The molecule has 1 aromatic heterocycles. The third-order valence-electron chi connectivity index (χ3n) is 2.06. The first-order valence-electron chi connectivity index (χ1n) is 4.20. The monoisotopic (exact) mass is 243 g/mol. The van der Waals surface area contributed by atoms with Crippen molar-refractivity contribution >= 4 is 21.9 Å². The zero-order valence-electron chi connectivity index (χ0n) is 7.03. The second-order valence-electron chi connectivity index (χ2n) is 3.05. The van der Waals surface area contributed by atoms with Crippen molar-refractivity contribution in [2.24, 2.45) is 0 Å². The first-order valence-corrected chi connectivity index (χ1v) is 4.99. The third-order valence-corrected chi connectivity index (χ3v) is 2.61. The summed E-state index contributed by atoms with van der Waals surface area (Å²) in [5.41, 5.74) is 5.44. The van der Waals surface area contributed by atoms with Crippen molar-refractivity contribution in [3.63, 3.8) is 0 Å². The highest BCUT2D eigenvalue weighted by molar-refractivity contribution is 9.10. The minimum Gasteiger partial charge on any atom is -0.473 e. The van der Waals surface area contributed by atoms with Gasteiger partial charge in [0.1, 0.15) is 6.10 Å². The molecule has 0 radical (unpaired) electrons. The standard InChI is InChI=1S/C8H10BrN3O/c9-6-4-11-8(10)12-7(6)13-5-2-1-3-5/h4-5H,1-3H2,(H2,10,11,12). The number of hydrogen-bond acceptors (Lipinski definition) is 4. The molecule has 2 N–H and O–H groups in total. The summed E-state index contributed by atoms with van der Waals surface area (Å²) in [5.74, 6) is 0.801. The van der Waals surface area contributed by atoms with E-state index in [4.69, 9.17) is 10.5 Å². The molecule has 1 heterocycles. The zero-order chi connectivity index (χ0) is 9.26. The van der Waals surface area contributed by atoms with E-state index in [0.29, 0.717) is 12.0 Å². The molecular weight excluding hydrogens is 234 g/mol. The van der Waals surface area contributed by atoms with E-state index in [1.54, 1.807) is 6.20 Å². The predicted octanol–water partition coefficient (Wildman–Crippen LogP) is 1.75. The number of ether oxygens (including phenoxy) is 1. The van der Waals surface area contributed by atoms with Gasteiger partial charge in [0.15, 0.2) is 0 Å². The minimum absolute atomic E-state index is 0.248. The van der Waals surface area contributed by atoms with E-state index < -0.39 is 0 Å². The van der Waals surface area contributed by atoms with E-state index in [1.807, 2.05) is 0 Å². The Balaban J connectivity index is 2.13. The van der Waals surface area contributed by atoms with Crippen LogP contribution < -0.4 is 10.5 Å². The van der Waals surface area contributed by atoms with Crippen molar-refractivity contribution in [3.05, 3.63) is 10.7 Å². The summed E-state index contributed by atoms with van der Waals surface area (Å²) < 4.78 is 6.34. The lowest BCUT2D eigenvalue weighted by Crippen LogP contribution is -2.25. The highest BCUT2D eigenvalue weighted by Crippen LogP contribution is 2.28. The van der Waals surface area contributed by atoms with Gasteiger partial charge in [0.25, 0.3) is 0 Å². The Hall–Kier alpha value is -0.840. The van der Waals surface area contributed by atoms with Crippen LogP contribution in [0.15, 0.2) is 10.7 Å². The summed E-state index contributed by atoms with van der Waals surface area (Å²) >= 11 is 3.31. The summed E-state index contributed by atoms with van der Waals surface area (Å²) in [6.45, 7) is 0. The highest BCUT2D eigenvalue weighted by atomic mass is 79.9. The summed E-state index contributed by atoms with van der Waals surface area (Å²) in [7, 11) is 0. The van der Waals surface area contributed by atoms with E-state index in [1.165, 1.54) is 6.42 Å². The molecule has 0 aliphatic heterocycles. The predicted molar refractivity (Wildman–Crippen MR) is 52.4 cm³/mol. The number of nitrogens with zero attached hydrogens (tertiary/aromatic N) is 2. The van der Waals surface area contributed by atoms with Crippen LogP contribution in [0.1, 0.15) is 19.3 Å². The van der Waals surface area contributed by atoms with Crippen LogP contribution in [0.3, 0.4) is 0 Å². The molecular formula is C8H10BrN3O. The number of halogens is 1. The molecule has 0 amide bonds. The number of anilines is 1. The summed E-state index contributed by atoms with van der Waals surface area (Å²) in [4.78, 5) is 7.82. The van der Waals surface area contributed by atoms with E-state index >= 15 is 0 Å². The summed E-state index contributed by atoms with van der Waals surface area (Å²) in [6.07, 6.45) is 5.37. The molecule has 0 unspecified atom stereocenters. The lowest BCUT2D eigenvalue weighted by atomic mass is 9.96. The lowest BCUT2D eigenvalue weighted by Gasteiger charge is -2.25.